The third kappa shape index (κ3) is 7.36. The first-order chi connectivity index (χ1) is 14.8. The normalized spacial score (nSPS) is 10.9. The molecule has 0 spiro atoms. The number of ether oxygens (including phenoxy) is 1. The largest absolute Gasteiger partial charge is 0.383 e. The number of carbonyl (C=O) groups is 2. The van der Waals surface area contributed by atoms with Gasteiger partial charge in [-0.15, -0.1) is 0 Å². The molecule has 0 saturated heterocycles. The Hall–Kier alpha value is -2.93. The summed E-state index contributed by atoms with van der Waals surface area (Å²) in [6.07, 6.45) is 4.65. The number of rotatable bonds is 11. The smallest absolute Gasteiger partial charge is 0.259 e. The Labute approximate surface area is 184 Å². The highest BCUT2D eigenvalue weighted by Gasteiger charge is 2.21. The maximum Gasteiger partial charge on any atom is 0.259 e. The van der Waals surface area contributed by atoms with Crippen LogP contribution in [-0.2, 0) is 17.7 Å². The molecule has 1 aromatic heterocycles. The molecule has 7 nitrogen and oxygen atoms in total. The maximum absolute atomic E-state index is 13.1. The van der Waals surface area contributed by atoms with Crippen molar-refractivity contribution < 1.29 is 14.3 Å². The van der Waals surface area contributed by atoms with Crippen molar-refractivity contribution in [1.82, 2.24) is 14.8 Å². The van der Waals surface area contributed by atoms with E-state index in [1.54, 1.807) is 17.8 Å². The van der Waals surface area contributed by atoms with Gasteiger partial charge >= 0.3 is 0 Å². The summed E-state index contributed by atoms with van der Waals surface area (Å²) in [4.78, 5) is 40.2. The molecule has 168 valence electrons. The summed E-state index contributed by atoms with van der Waals surface area (Å²) >= 11 is 0. The fourth-order valence-electron chi connectivity index (χ4n) is 3.09. The van der Waals surface area contributed by atoms with Crippen LogP contribution < -0.4 is 10.7 Å². The molecule has 0 atom stereocenters. The van der Waals surface area contributed by atoms with Crippen LogP contribution in [-0.4, -0.2) is 55.1 Å². The number of aryl methyl sites for hydroxylation is 1. The van der Waals surface area contributed by atoms with Gasteiger partial charge in [-0.3, -0.25) is 14.4 Å². The van der Waals surface area contributed by atoms with Gasteiger partial charge in [0.25, 0.3) is 11.8 Å². The molecule has 2 rings (SSSR count). The van der Waals surface area contributed by atoms with Crippen LogP contribution in [0.2, 0.25) is 0 Å². The van der Waals surface area contributed by atoms with Gasteiger partial charge in [0.15, 0.2) is 0 Å². The summed E-state index contributed by atoms with van der Waals surface area (Å²) in [5.41, 5.74) is 0.552. The predicted molar refractivity (Wildman–Crippen MR) is 121 cm³/mol. The highest BCUT2D eigenvalue weighted by Crippen LogP contribution is 2.08. The van der Waals surface area contributed by atoms with Crippen LogP contribution in [0.1, 0.15) is 46.5 Å². The van der Waals surface area contributed by atoms with Crippen LogP contribution >= 0.6 is 0 Å². The van der Waals surface area contributed by atoms with Crippen LogP contribution in [0.5, 0.6) is 0 Å². The minimum Gasteiger partial charge on any atom is -0.383 e. The number of benzene rings is 1. The zero-order chi connectivity index (χ0) is 22.8. The van der Waals surface area contributed by atoms with E-state index in [9.17, 15) is 14.4 Å². The molecule has 0 unspecified atom stereocenters. The number of amides is 2. The maximum atomic E-state index is 13.1. The molecule has 1 heterocycles. The summed E-state index contributed by atoms with van der Waals surface area (Å²) < 4.78 is 6.71. The molecule has 1 N–H and O–H groups in total. The van der Waals surface area contributed by atoms with Crippen molar-refractivity contribution in [2.24, 2.45) is 5.92 Å². The number of hydrogen-bond donors (Lipinski definition) is 1. The predicted octanol–water partition coefficient (Wildman–Crippen LogP) is 2.59. The first kappa shape index (κ1) is 24.3. The SMILES string of the molecule is COCCNC(=O)c1cn(CCC(C)C)cc(C(=O)N(C)CCc2ccccc2)c1=O. The van der Waals surface area contributed by atoms with Gasteiger partial charge in [-0.05, 0) is 24.3 Å². The van der Waals surface area contributed by atoms with E-state index < -0.39 is 11.3 Å². The molecule has 0 aliphatic rings. The molecular weight excluding hydrogens is 394 g/mol. The molecule has 0 radical (unpaired) electrons. The summed E-state index contributed by atoms with van der Waals surface area (Å²) in [5.74, 6) is -0.432. The number of hydrogen-bond acceptors (Lipinski definition) is 4. The van der Waals surface area contributed by atoms with Crippen LogP contribution in [0.3, 0.4) is 0 Å². The topological polar surface area (TPSA) is 80.6 Å². The Morgan fingerprint density at radius 1 is 1.13 bits per heavy atom. The van der Waals surface area contributed by atoms with Gasteiger partial charge < -0.3 is 19.5 Å². The van der Waals surface area contributed by atoms with Crippen molar-refractivity contribution >= 4 is 11.8 Å². The molecule has 0 fully saturated rings. The number of aromatic nitrogens is 1. The van der Waals surface area contributed by atoms with E-state index in [1.165, 1.54) is 18.2 Å². The monoisotopic (exact) mass is 427 g/mol. The summed E-state index contributed by atoms with van der Waals surface area (Å²) in [5, 5.41) is 2.67. The lowest BCUT2D eigenvalue weighted by atomic mass is 10.1. The van der Waals surface area contributed by atoms with E-state index >= 15 is 0 Å². The Morgan fingerprint density at radius 3 is 2.45 bits per heavy atom. The quantitative estimate of drug-likeness (QED) is 0.559. The van der Waals surface area contributed by atoms with Gasteiger partial charge in [0.2, 0.25) is 5.43 Å². The fraction of sp³-hybridized carbons (Fsp3) is 0.458. The Morgan fingerprint density at radius 2 is 1.81 bits per heavy atom. The lowest BCUT2D eigenvalue weighted by Gasteiger charge is -2.19. The highest BCUT2D eigenvalue weighted by molar-refractivity contribution is 5.99. The second kappa shape index (κ2) is 12.1. The molecule has 1 aromatic carbocycles. The molecule has 31 heavy (non-hydrogen) atoms. The lowest BCUT2D eigenvalue weighted by molar-refractivity contribution is 0.0794. The van der Waals surface area contributed by atoms with E-state index in [0.717, 1.165) is 12.0 Å². The molecule has 0 bridgehead atoms. The number of pyridine rings is 1. The molecule has 7 heteroatoms. The van der Waals surface area contributed by atoms with Crippen LogP contribution in [0.15, 0.2) is 47.5 Å². The average molecular weight is 428 g/mol. The van der Waals surface area contributed by atoms with Gasteiger partial charge in [0, 0.05) is 46.2 Å². The Balaban J connectivity index is 2.26. The second-order valence-corrected chi connectivity index (χ2v) is 8.05. The summed E-state index contributed by atoms with van der Waals surface area (Å²) in [6.45, 7) is 5.92. The average Bonchev–Trinajstić information content (AvgIpc) is 2.76. The zero-order valence-electron chi connectivity index (χ0n) is 18.9. The number of methoxy groups -OCH3 is 1. The minimum atomic E-state index is -0.549. The van der Waals surface area contributed by atoms with Gasteiger partial charge in [-0.2, -0.15) is 0 Å². The van der Waals surface area contributed by atoms with Crippen molar-refractivity contribution in [3.63, 3.8) is 0 Å². The van der Waals surface area contributed by atoms with Crippen LogP contribution in [0, 0.1) is 5.92 Å². The van der Waals surface area contributed by atoms with Crippen molar-refractivity contribution in [3.8, 4) is 0 Å². The van der Waals surface area contributed by atoms with Gasteiger partial charge in [0.05, 0.1) is 6.61 Å². The fourth-order valence-corrected chi connectivity index (χ4v) is 3.09. The van der Waals surface area contributed by atoms with Gasteiger partial charge in [-0.1, -0.05) is 44.2 Å². The third-order valence-electron chi connectivity index (χ3n) is 5.04. The van der Waals surface area contributed by atoms with Crippen molar-refractivity contribution in [2.45, 2.75) is 33.2 Å². The van der Waals surface area contributed by atoms with E-state index in [1.807, 2.05) is 30.3 Å². The van der Waals surface area contributed by atoms with Crippen LogP contribution in [0.4, 0.5) is 0 Å². The highest BCUT2D eigenvalue weighted by atomic mass is 16.5. The number of likely N-dealkylation sites (N-methyl/N-ethyl adjacent to an activating group) is 1. The Bertz CT molecular complexity index is 922. The molecule has 0 saturated carbocycles. The summed E-state index contributed by atoms with van der Waals surface area (Å²) in [7, 11) is 3.21. The molecule has 2 amide bonds. The number of carbonyl (C=O) groups excluding carboxylic acids is 2. The Kier molecular flexibility index (Phi) is 9.46. The van der Waals surface area contributed by atoms with Crippen molar-refractivity contribution in [1.29, 1.82) is 0 Å². The number of nitrogens with zero attached hydrogens (tertiary/aromatic N) is 2. The van der Waals surface area contributed by atoms with Gasteiger partial charge in [-0.25, -0.2) is 0 Å². The first-order valence-corrected chi connectivity index (χ1v) is 10.6. The van der Waals surface area contributed by atoms with Crippen LogP contribution in [0.25, 0.3) is 0 Å². The molecule has 0 aliphatic carbocycles. The molecule has 2 aromatic rings. The van der Waals surface area contributed by atoms with E-state index in [0.29, 0.717) is 32.0 Å². The number of nitrogens with one attached hydrogen (secondary N) is 1. The standard InChI is InChI=1S/C24H33N3O4/c1-18(2)10-14-27-16-20(23(29)25-12-15-31-4)22(28)21(17-27)24(30)26(3)13-11-19-8-6-5-7-9-19/h5-9,16-18H,10-15H2,1-4H3,(H,25,29). The van der Waals surface area contributed by atoms with Crippen molar-refractivity contribution in [2.75, 3.05) is 33.9 Å². The van der Waals surface area contributed by atoms with E-state index in [4.69, 9.17) is 4.74 Å². The lowest BCUT2D eigenvalue weighted by Crippen LogP contribution is -2.37. The molecule has 0 aliphatic heterocycles. The van der Waals surface area contributed by atoms with E-state index in [-0.39, 0.29) is 23.6 Å². The zero-order valence-corrected chi connectivity index (χ0v) is 18.9. The minimum absolute atomic E-state index is 0.0127. The van der Waals surface area contributed by atoms with Crippen molar-refractivity contribution in [3.05, 3.63) is 69.6 Å². The summed E-state index contributed by atoms with van der Waals surface area (Å²) in [6, 6.07) is 9.86. The third-order valence-corrected chi connectivity index (χ3v) is 5.04. The molecular formula is C24H33N3O4. The van der Waals surface area contributed by atoms with E-state index in [2.05, 4.69) is 19.2 Å². The second-order valence-electron chi connectivity index (χ2n) is 8.05. The van der Waals surface area contributed by atoms with Gasteiger partial charge in [0.1, 0.15) is 11.1 Å². The first-order valence-electron chi connectivity index (χ1n) is 10.6.